The maximum Gasteiger partial charge on any atom is 0.420 e. The molecule has 2 heterocycles. The van der Waals surface area contributed by atoms with E-state index in [1.165, 1.54) is 11.1 Å². The Morgan fingerprint density at radius 1 is 1.27 bits per heavy atom. The van der Waals surface area contributed by atoms with Gasteiger partial charge in [0.25, 0.3) is 0 Å². The van der Waals surface area contributed by atoms with Gasteiger partial charge < -0.3 is 24.4 Å². The standard InChI is InChI=1S/C22H24F4N2O5/c1-11-17-14(19(30)15(20(31)32)9-28(17)13-3-4-13)7-16(23)18(11)27-6-5-12(8-27)21(10-29,33-2)22(24,25)26/h7,9,12-13,29H,3-6,8,10H2,1-2H3,(H,31,32). The van der Waals surface area contributed by atoms with Crippen molar-refractivity contribution in [3.05, 3.63) is 39.4 Å². The molecule has 7 nitrogen and oxygen atoms in total. The average molecular weight is 472 g/mol. The summed E-state index contributed by atoms with van der Waals surface area (Å²) >= 11 is 0. The van der Waals surface area contributed by atoms with Gasteiger partial charge in [-0.05, 0) is 37.8 Å². The van der Waals surface area contributed by atoms with Crippen LogP contribution in [0.5, 0.6) is 0 Å². The van der Waals surface area contributed by atoms with Crippen LogP contribution in [-0.2, 0) is 4.74 Å². The minimum atomic E-state index is -4.83. The lowest BCUT2D eigenvalue weighted by atomic mass is 9.86. The molecular weight excluding hydrogens is 448 g/mol. The fourth-order valence-corrected chi connectivity index (χ4v) is 4.99. The lowest BCUT2D eigenvalue weighted by Crippen LogP contribution is -2.56. The molecule has 2 atom stereocenters. The molecule has 4 rings (SSSR count). The molecule has 1 aliphatic heterocycles. The maximum absolute atomic E-state index is 15.3. The third kappa shape index (κ3) is 3.57. The van der Waals surface area contributed by atoms with Gasteiger partial charge in [0.1, 0.15) is 11.4 Å². The number of carbonyl (C=O) groups is 1. The number of aromatic nitrogens is 1. The molecule has 2 unspecified atom stereocenters. The summed E-state index contributed by atoms with van der Waals surface area (Å²) in [6, 6.07) is 0.938. The number of aromatic carboxylic acids is 1. The molecule has 1 saturated heterocycles. The number of aryl methyl sites for hydroxylation is 1. The second-order valence-electron chi connectivity index (χ2n) is 8.72. The van der Waals surface area contributed by atoms with Crippen molar-refractivity contribution < 1.29 is 37.3 Å². The van der Waals surface area contributed by atoms with Crippen molar-refractivity contribution in [3.8, 4) is 0 Å². The number of carboxylic acid groups (broad SMARTS) is 1. The van der Waals surface area contributed by atoms with E-state index in [1.807, 2.05) is 0 Å². The highest BCUT2D eigenvalue weighted by Crippen LogP contribution is 2.45. The van der Waals surface area contributed by atoms with Gasteiger partial charge in [0.15, 0.2) is 5.60 Å². The summed E-state index contributed by atoms with van der Waals surface area (Å²) < 4.78 is 63.0. The van der Waals surface area contributed by atoms with E-state index in [0.717, 1.165) is 26.0 Å². The van der Waals surface area contributed by atoms with Gasteiger partial charge in [-0.1, -0.05) is 0 Å². The second-order valence-corrected chi connectivity index (χ2v) is 8.72. The average Bonchev–Trinajstić information content (AvgIpc) is 3.47. The molecule has 1 aromatic heterocycles. The Hall–Kier alpha value is -2.66. The highest BCUT2D eigenvalue weighted by atomic mass is 19.4. The number of halogens is 4. The summed E-state index contributed by atoms with van der Waals surface area (Å²) in [7, 11) is 0.891. The zero-order chi connectivity index (χ0) is 24.3. The number of rotatable bonds is 6. The number of ether oxygens (including phenoxy) is 1. The minimum absolute atomic E-state index is 0.0121. The van der Waals surface area contributed by atoms with Crippen LogP contribution < -0.4 is 10.3 Å². The fourth-order valence-electron chi connectivity index (χ4n) is 4.99. The number of anilines is 1. The number of methoxy groups -OCH3 is 1. The quantitative estimate of drug-likeness (QED) is 0.628. The number of aliphatic hydroxyl groups is 1. The van der Waals surface area contributed by atoms with Gasteiger partial charge in [0.2, 0.25) is 5.43 Å². The summed E-state index contributed by atoms with van der Waals surface area (Å²) in [5.74, 6) is -3.36. The van der Waals surface area contributed by atoms with Gasteiger partial charge in [0.05, 0.1) is 17.8 Å². The first-order chi connectivity index (χ1) is 15.5. The number of hydrogen-bond donors (Lipinski definition) is 2. The minimum Gasteiger partial charge on any atom is -0.477 e. The lowest BCUT2D eigenvalue weighted by Gasteiger charge is -2.37. The Kier molecular flexibility index (Phi) is 5.68. The van der Waals surface area contributed by atoms with Gasteiger partial charge >= 0.3 is 12.1 Å². The van der Waals surface area contributed by atoms with Gasteiger partial charge in [-0.25, -0.2) is 9.18 Å². The van der Waals surface area contributed by atoms with Crippen LogP contribution in [0.2, 0.25) is 0 Å². The summed E-state index contributed by atoms with van der Waals surface area (Å²) in [6.45, 7) is 0.199. The highest BCUT2D eigenvalue weighted by Gasteiger charge is 2.61. The smallest absolute Gasteiger partial charge is 0.420 e. The molecule has 2 fully saturated rings. The number of benzene rings is 1. The molecule has 1 saturated carbocycles. The molecule has 33 heavy (non-hydrogen) atoms. The van der Waals surface area contributed by atoms with E-state index in [4.69, 9.17) is 4.74 Å². The maximum atomic E-state index is 15.3. The van der Waals surface area contributed by atoms with Crippen LogP contribution in [0.3, 0.4) is 0 Å². The Bertz CT molecular complexity index is 1170. The molecule has 0 radical (unpaired) electrons. The van der Waals surface area contributed by atoms with Crippen LogP contribution in [0.25, 0.3) is 10.9 Å². The summed E-state index contributed by atoms with van der Waals surface area (Å²) in [6.07, 6.45) is -2.01. The van der Waals surface area contributed by atoms with Crippen molar-refractivity contribution in [3.63, 3.8) is 0 Å². The van der Waals surface area contributed by atoms with E-state index >= 15 is 4.39 Å². The van der Waals surface area contributed by atoms with Crippen LogP contribution in [0, 0.1) is 18.7 Å². The van der Waals surface area contributed by atoms with Crippen molar-refractivity contribution >= 4 is 22.6 Å². The fraction of sp³-hybridized carbons (Fsp3) is 0.545. The monoisotopic (exact) mass is 472 g/mol. The third-order valence-corrected chi connectivity index (χ3v) is 6.89. The van der Waals surface area contributed by atoms with Crippen LogP contribution >= 0.6 is 0 Å². The molecule has 0 amide bonds. The molecular formula is C22H24F4N2O5. The summed E-state index contributed by atoms with van der Waals surface area (Å²) in [5.41, 5.74) is -3.24. The first-order valence-electron chi connectivity index (χ1n) is 10.6. The van der Waals surface area contributed by atoms with Crippen molar-refractivity contribution in [2.24, 2.45) is 5.92 Å². The van der Waals surface area contributed by atoms with E-state index in [0.29, 0.717) is 11.1 Å². The number of pyridine rings is 1. The second kappa shape index (κ2) is 7.98. The Morgan fingerprint density at radius 3 is 2.45 bits per heavy atom. The Balaban J connectivity index is 1.83. The molecule has 2 aliphatic rings. The van der Waals surface area contributed by atoms with E-state index in [-0.39, 0.29) is 36.6 Å². The van der Waals surface area contributed by atoms with Gasteiger partial charge in [-0.2, -0.15) is 13.2 Å². The van der Waals surface area contributed by atoms with Gasteiger partial charge in [0, 0.05) is 43.7 Å². The first kappa shape index (κ1) is 23.5. The first-order valence-corrected chi connectivity index (χ1v) is 10.6. The van der Waals surface area contributed by atoms with E-state index in [2.05, 4.69) is 0 Å². The van der Waals surface area contributed by atoms with Crippen LogP contribution in [0.4, 0.5) is 23.2 Å². The molecule has 0 bridgehead atoms. The molecule has 180 valence electrons. The normalized spacial score (nSPS) is 20.9. The molecule has 1 aromatic carbocycles. The number of alkyl halides is 3. The predicted octanol–water partition coefficient (Wildman–Crippen LogP) is 3.25. The van der Waals surface area contributed by atoms with Crippen LogP contribution in [0.1, 0.15) is 41.2 Å². The van der Waals surface area contributed by atoms with Crippen molar-refractivity contribution in [1.29, 1.82) is 0 Å². The van der Waals surface area contributed by atoms with Crippen molar-refractivity contribution in [2.75, 3.05) is 31.7 Å². The van der Waals surface area contributed by atoms with Gasteiger partial charge in [-0.15, -0.1) is 0 Å². The van der Waals surface area contributed by atoms with E-state index in [9.17, 15) is 33.0 Å². The largest absolute Gasteiger partial charge is 0.477 e. The van der Waals surface area contributed by atoms with Crippen LogP contribution in [-0.4, -0.2) is 59.3 Å². The summed E-state index contributed by atoms with van der Waals surface area (Å²) in [4.78, 5) is 25.7. The van der Waals surface area contributed by atoms with Crippen molar-refractivity contribution in [1.82, 2.24) is 4.57 Å². The third-order valence-electron chi connectivity index (χ3n) is 6.89. The summed E-state index contributed by atoms with van der Waals surface area (Å²) in [5, 5.41) is 18.9. The topological polar surface area (TPSA) is 92.0 Å². The number of nitrogens with zero attached hydrogens (tertiary/aromatic N) is 2. The highest BCUT2D eigenvalue weighted by molar-refractivity contribution is 5.95. The van der Waals surface area contributed by atoms with Gasteiger partial charge in [-0.3, -0.25) is 4.79 Å². The predicted molar refractivity (Wildman–Crippen MR) is 111 cm³/mol. The number of hydrogen-bond acceptors (Lipinski definition) is 5. The molecule has 11 heteroatoms. The lowest BCUT2D eigenvalue weighted by molar-refractivity contribution is -0.297. The molecule has 0 spiro atoms. The SMILES string of the molecule is COC(CO)(C1CCN(c2c(F)cc3c(=O)c(C(=O)O)cn(C4CC4)c3c2C)C1)C(F)(F)F. The number of carboxylic acids is 1. The molecule has 1 aliphatic carbocycles. The molecule has 2 N–H and O–H groups in total. The Labute approximate surface area is 186 Å². The number of fused-ring (bicyclic) bond motifs is 1. The van der Waals surface area contributed by atoms with E-state index in [1.54, 1.807) is 11.5 Å². The van der Waals surface area contributed by atoms with Crippen LogP contribution in [0.15, 0.2) is 17.1 Å². The number of aliphatic hydroxyl groups excluding tert-OH is 1. The zero-order valence-electron chi connectivity index (χ0n) is 18.1. The Morgan fingerprint density at radius 2 is 1.94 bits per heavy atom. The zero-order valence-corrected chi connectivity index (χ0v) is 18.1. The molecule has 2 aromatic rings. The van der Waals surface area contributed by atoms with Crippen molar-refractivity contribution in [2.45, 2.75) is 44.0 Å². The van der Waals surface area contributed by atoms with E-state index < -0.39 is 47.1 Å².